The molecule has 0 aromatic heterocycles. The molecule has 1 aliphatic rings. The maximum absolute atomic E-state index is 12.1. The van der Waals surface area contributed by atoms with E-state index in [0.717, 1.165) is 23.2 Å². The van der Waals surface area contributed by atoms with E-state index in [-0.39, 0.29) is 5.75 Å². The third-order valence-corrected chi connectivity index (χ3v) is 3.24. The standard InChI is InChI=1S/C16H12F3NO/c17-16(18,19)21-15-5-3-11(4-6-15)12-1-2-14-10-20-8-7-13(14)9-12/h1-9,20H,10H2. The van der Waals surface area contributed by atoms with Crippen molar-refractivity contribution in [3.8, 4) is 16.9 Å². The topological polar surface area (TPSA) is 21.3 Å². The maximum atomic E-state index is 12.1. The molecule has 0 bridgehead atoms. The summed E-state index contributed by atoms with van der Waals surface area (Å²) in [5.41, 5.74) is 4.11. The molecule has 0 radical (unpaired) electrons. The minimum Gasteiger partial charge on any atom is -0.406 e. The van der Waals surface area contributed by atoms with Gasteiger partial charge in [-0.05, 0) is 52.7 Å². The molecule has 1 N–H and O–H groups in total. The molecule has 2 aromatic carbocycles. The minimum absolute atomic E-state index is 0.215. The van der Waals surface area contributed by atoms with E-state index in [4.69, 9.17) is 0 Å². The largest absolute Gasteiger partial charge is 0.573 e. The first-order valence-corrected chi connectivity index (χ1v) is 6.40. The summed E-state index contributed by atoms with van der Waals surface area (Å²) < 4.78 is 40.2. The second kappa shape index (κ2) is 5.16. The number of hydrogen-bond acceptors (Lipinski definition) is 2. The molecule has 0 atom stereocenters. The zero-order valence-electron chi connectivity index (χ0n) is 10.9. The summed E-state index contributed by atoms with van der Waals surface area (Å²) in [5.74, 6) is -0.215. The third kappa shape index (κ3) is 3.18. The average molecular weight is 291 g/mol. The Labute approximate surface area is 119 Å². The fraction of sp³-hybridized carbons (Fsp3) is 0.125. The lowest BCUT2D eigenvalue weighted by Crippen LogP contribution is -2.16. The van der Waals surface area contributed by atoms with Crippen molar-refractivity contribution in [2.24, 2.45) is 0 Å². The molecule has 0 unspecified atom stereocenters. The molecule has 108 valence electrons. The normalized spacial score (nSPS) is 13.5. The molecule has 0 fully saturated rings. The second-order valence-electron chi connectivity index (χ2n) is 4.70. The van der Waals surface area contributed by atoms with Gasteiger partial charge < -0.3 is 10.1 Å². The van der Waals surface area contributed by atoms with Gasteiger partial charge in [0.15, 0.2) is 0 Å². The Hall–Kier alpha value is -2.43. The quantitative estimate of drug-likeness (QED) is 0.889. The van der Waals surface area contributed by atoms with Gasteiger partial charge in [0, 0.05) is 6.54 Å². The van der Waals surface area contributed by atoms with Gasteiger partial charge in [-0.1, -0.05) is 24.3 Å². The van der Waals surface area contributed by atoms with Gasteiger partial charge in [-0.3, -0.25) is 0 Å². The molecule has 1 heterocycles. The lowest BCUT2D eigenvalue weighted by molar-refractivity contribution is -0.274. The molecule has 1 aliphatic heterocycles. The van der Waals surface area contributed by atoms with Crippen molar-refractivity contribution >= 4 is 6.08 Å². The number of ether oxygens (including phenoxy) is 1. The Balaban J connectivity index is 1.86. The van der Waals surface area contributed by atoms with Crippen LogP contribution in [-0.2, 0) is 6.54 Å². The summed E-state index contributed by atoms with van der Waals surface area (Å²) in [6.07, 6.45) is -0.805. The summed E-state index contributed by atoms with van der Waals surface area (Å²) in [6.45, 7) is 0.782. The van der Waals surface area contributed by atoms with Crippen molar-refractivity contribution in [1.82, 2.24) is 5.32 Å². The first-order chi connectivity index (χ1) is 10.0. The summed E-state index contributed by atoms with van der Waals surface area (Å²) in [7, 11) is 0. The van der Waals surface area contributed by atoms with E-state index in [1.807, 2.05) is 30.5 Å². The van der Waals surface area contributed by atoms with E-state index in [1.165, 1.54) is 17.7 Å². The minimum atomic E-state index is -4.66. The number of alkyl halides is 3. The highest BCUT2D eigenvalue weighted by atomic mass is 19.4. The average Bonchev–Trinajstić information content (AvgIpc) is 2.46. The molecule has 5 heteroatoms. The predicted octanol–water partition coefficient (Wildman–Crippen LogP) is 4.33. The summed E-state index contributed by atoms with van der Waals surface area (Å²) in [4.78, 5) is 0. The molecule has 0 saturated heterocycles. The Morgan fingerprint density at radius 1 is 0.952 bits per heavy atom. The molecular formula is C16H12F3NO. The van der Waals surface area contributed by atoms with E-state index in [2.05, 4.69) is 10.1 Å². The van der Waals surface area contributed by atoms with Crippen LogP contribution in [0.4, 0.5) is 13.2 Å². The van der Waals surface area contributed by atoms with Gasteiger partial charge >= 0.3 is 6.36 Å². The van der Waals surface area contributed by atoms with Crippen molar-refractivity contribution in [3.63, 3.8) is 0 Å². The Bertz CT molecular complexity index is 675. The van der Waals surface area contributed by atoms with Crippen molar-refractivity contribution in [2.75, 3.05) is 0 Å². The van der Waals surface area contributed by atoms with Gasteiger partial charge in [0.2, 0.25) is 0 Å². The van der Waals surface area contributed by atoms with Crippen molar-refractivity contribution in [2.45, 2.75) is 12.9 Å². The van der Waals surface area contributed by atoms with E-state index in [0.29, 0.717) is 0 Å². The highest BCUT2D eigenvalue weighted by molar-refractivity contribution is 5.70. The van der Waals surface area contributed by atoms with E-state index in [1.54, 1.807) is 12.1 Å². The molecule has 2 aromatic rings. The number of hydrogen-bond donors (Lipinski definition) is 1. The maximum Gasteiger partial charge on any atom is 0.573 e. The van der Waals surface area contributed by atoms with Crippen LogP contribution in [0.3, 0.4) is 0 Å². The fourth-order valence-corrected chi connectivity index (χ4v) is 2.26. The van der Waals surface area contributed by atoms with E-state index in [9.17, 15) is 13.2 Å². The van der Waals surface area contributed by atoms with E-state index >= 15 is 0 Å². The summed E-state index contributed by atoms with van der Waals surface area (Å²) in [5, 5.41) is 3.13. The number of fused-ring (bicyclic) bond motifs is 1. The van der Waals surface area contributed by atoms with Gasteiger partial charge in [0.1, 0.15) is 5.75 Å². The van der Waals surface area contributed by atoms with Crippen LogP contribution in [0.15, 0.2) is 48.7 Å². The van der Waals surface area contributed by atoms with Crippen LogP contribution in [0, 0.1) is 0 Å². The lowest BCUT2D eigenvalue weighted by atomic mass is 9.98. The molecule has 0 saturated carbocycles. The summed E-state index contributed by atoms with van der Waals surface area (Å²) in [6, 6.07) is 11.9. The van der Waals surface area contributed by atoms with Crippen LogP contribution in [0.5, 0.6) is 5.75 Å². The smallest absolute Gasteiger partial charge is 0.406 e. The number of nitrogens with one attached hydrogen (secondary N) is 1. The highest BCUT2D eigenvalue weighted by Gasteiger charge is 2.30. The third-order valence-electron chi connectivity index (χ3n) is 3.24. The van der Waals surface area contributed by atoms with Gasteiger partial charge in [-0.15, -0.1) is 13.2 Å². The molecular weight excluding hydrogens is 279 g/mol. The van der Waals surface area contributed by atoms with Crippen LogP contribution in [0.2, 0.25) is 0 Å². The van der Waals surface area contributed by atoms with Crippen molar-refractivity contribution < 1.29 is 17.9 Å². The summed E-state index contributed by atoms with van der Waals surface area (Å²) >= 11 is 0. The van der Waals surface area contributed by atoms with Crippen LogP contribution >= 0.6 is 0 Å². The first kappa shape index (κ1) is 13.5. The van der Waals surface area contributed by atoms with Crippen LogP contribution in [-0.4, -0.2) is 6.36 Å². The lowest BCUT2D eigenvalue weighted by Gasteiger charge is -2.14. The number of benzene rings is 2. The van der Waals surface area contributed by atoms with Gasteiger partial charge in [-0.25, -0.2) is 0 Å². The highest BCUT2D eigenvalue weighted by Crippen LogP contribution is 2.28. The van der Waals surface area contributed by atoms with Gasteiger partial charge in [0.25, 0.3) is 0 Å². The van der Waals surface area contributed by atoms with Crippen molar-refractivity contribution in [1.29, 1.82) is 0 Å². The fourth-order valence-electron chi connectivity index (χ4n) is 2.26. The SMILES string of the molecule is FC(F)(F)Oc1ccc(-c2ccc3c(c2)C=CNC3)cc1. The number of halogens is 3. The predicted molar refractivity (Wildman–Crippen MR) is 74.4 cm³/mol. The molecule has 0 amide bonds. The van der Waals surface area contributed by atoms with Gasteiger partial charge in [0.05, 0.1) is 0 Å². The zero-order valence-corrected chi connectivity index (χ0v) is 10.9. The molecule has 0 aliphatic carbocycles. The molecule has 2 nitrogen and oxygen atoms in total. The Morgan fingerprint density at radius 2 is 1.67 bits per heavy atom. The molecule has 0 spiro atoms. The molecule has 21 heavy (non-hydrogen) atoms. The first-order valence-electron chi connectivity index (χ1n) is 6.40. The second-order valence-corrected chi connectivity index (χ2v) is 4.70. The Morgan fingerprint density at radius 3 is 2.38 bits per heavy atom. The van der Waals surface area contributed by atoms with Crippen LogP contribution in [0.25, 0.3) is 17.2 Å². The van der Waals surface area contributed by atoms with Gasteiger partial charge in [-0.2, -0.15) is 0 Å². The Kier molecular flexibility index (Phi) is 3.33. The van der Waals surface area contributed by atoms with E-state index < -0.39 is 6.36 Å². The molecule has 3 rings (SSSR count). The monoisotopic (exact) mass is 291 g/mol. The number of rotatable bonds is 2. The zero-order chi connectivity index (χ0) is 14.9. The van der Waals surface area contributed by atoms with Crippen molar-refractivity contribution in [3.05, 3.63) is 59.8 Å². The van der Waals surface area contributed by atoms with Crippen LogP contribution < -0.4 is 10.1 Å². The van der Waals surface area contributed by atoms with Crippen LogP contribution in [0.1, 0.15) is 11.1 Å².